The summed E-state index contributed by atoms with van der Waals surface area (Å²) >= 11 is 6.13. The van der Waals surface area contributed by atoms with Gasteiger partial charge in [-0.05, 0) is 42.8 Å². The summed E-state index contributed by atoms with van der Waals surface area (Å²) in [6.45, 7) is 1.99. The number of benzene rings is 2. The van der Waals surface area contributed by atoms with Gasteiger partial charge in [0.1, 0.15) is 5.75 Å². The molecule has 94 valence electrons. The average molecular weight is 263 g/mol. The van der Waals surface area contributed by atoms with Crippen LogP contribution in [0.5, 0.6) is 5.75 Å². The van der Waals surface area contributed by atoms with Gasteiger partial charge in [0.05, 0.1) is 17.8 Å². The highest BCUT2D eigenvalue weighted by Crippen LogP contribution is 2.30. The zero-order valence-corrected chi connectivity index (χ0v) is 11.1. The lowest BCUT2D eigenvalue weighted by Crippen LogP contribution is -1.95. The van der Waals surface area contributed by atoms with Crippen molar-refractivity contribution in [3.05, 3.63) is 47.0 Å². The summed E-state index contributed by atoms with van der Waals surface area (Å²) in [7, 11) is 1.62. The monoisotopic (exact) mass is 262 g/mol. The van der Waals surface area contributed by atoms with Gasteiger partial charge in [-0.25, -0.2) is 0 Å². The largest absolute Gasteiger partial charge is 0.497 e. The maximum atomic E-state index is 6.13. The minimum Gasteiger partial charge on any atom is -0.497 e. The molecule has 0 spiro atoms. The number of nitrogen functional groups attached to an aromatic ring is 1. The summed E-state index contributed by atoms with van der Waals surface area (Å²) in [4.78, 5) is 0. The van der Waals surface area contributed by atoms with E-state index in [1.165, 1.54) is 0 Å². The van der Waals surface area contributed by atoms with Crippen molar-refractivity contribution < 1.29 is 4.74 Å². The third-order valence-corrected chi connectivity index (χ3v) is 2.88. The van der Waals surface area contributed by atoms with Crippen LogP contribution >= 0.6 is 11.6 Å². The summed E-state index contributed by atoms with van der Waals surface area (Å²) in [5.41, 5.74) is 9.32. The van der Waals surface area contributed by atoms with Crippen molar-refractivity contribution in [2.45, 2.75) is 6.92 Å². The maximum Gasteiger partial charge on any atom is 0.121 e. The van der Waals surface area contributed by atoms with Crippen molar-refractivity contribution in [2.24, 2.45) is 0 Å². The number of methoxy groups -OCH3 is 1. The maximum absolute atomic E-state index is 6.13. The van der Waals surface area contributed by atoms with Crippen LogP contribution in [0.1, 0.15) is 5.56 Å². The Labute approximate surface area is 112 Å². The molecule has 3 N–H and O–H groups in total. The Morgan fingerprint density at radius 3 is 2.61 bits per heavy atom. The number of ether oxygens (including phenoxy) is 1. The number of hydrogen-bond donors (Lipinski definition) is 2. The minimum absolute atomic E-state index is 0.635. The molecule has 2 rings (SSSR count). The predicted octanol–water partition coefficient (Wildman–Crippen LogP) is 3.98. The van der Waals surface area contributed by atoms with Gasteiger partial charge in [-0.1, -0.05) is 11.6 Å². The molecule has 0 aliphatic rings. The Balaban J connectivity index is 2.33. The lowest BCUT2D eigenvalue weighted by Gasteiger charge is -2.11. The van der Waals surface area contributed by atoms with Crippen molar-refractivity contribution >= 4 is 28.7 Å². The van der Waals surface area contributed by atoms with Gasteiger partial charge in [0.15, 0.2) is 0 Å². The molecule has 0 heterocycles. The fraction of sp³-hybridized carbons (Fsp3) is 0.143. The second-order valence-corrected chi connectivity index (χ2v) is 4.51. The topological polar surface area (TPSA) is 47.3 Å². The van der Waals surface area contributed by atoms with Crippen molar-refractivity contribution in [3.63, 3.8) is 0 Å². The van der Waals surface area contributed by atoms with Crippen molar-refractivity contribution in [2.75, 3.05) is 18.2 Å². The van der Waals surface area contributed by atoms with E-state index in [9.17, 15) is 0 Å². The molecule has 0 aromatic heterocycles. The summed E-state index contributed by atoms with van der Waals surface area (Å²) in [6.07, 6.45) is 0. The van der Waals surface area contributed by atoms with E-state index in [1.807, 2.05) is 37.3 Å². The fourth-order valence-electron chi connectivity index (χ4n) is 1.77. The number of halogens is 1. The molecule has 0 saturated heterocycles. The summed E-state index contributed by atoms with van der Waals surface area (Å²) in [5.74, 6) is 0.752. The highest BCUT2D eigenvalue weighted by molar-refractivity contribution is 6.33. The minimum atomic E-state index is 0.635. The van der Waals surface area contributed by atoms with Crippen molar-refractivity contribution in [3.8, 4) is 5.75 Å². The molecule has 0 aliphatic heterocycles. The van der Waals surface area contributed by atoms with E-state index < -0.39 is 0 Å². The molecular formula is C14H15ClN2O. The van der Waals surface area contributed by atoms with E-state index in [4.69, 9.17) is 22.1 Å². The average Bonchev–Trinajstić information content (AvgIpc) is 2.30. The highest BCUT2D eigenvalue weighted by atomic mass is 35.5. The Bertz CT molecular complexity index is 549. The number of anilines is 3. The Morgan fingerprint density at radius 2 is 1.94 bits per heavy atom. The van der Waals surface area contributed by atoms with E-state index in [2.05, 4.69) is 5.32 Å². The number of nitrogens with one attached hydrogen (secondary N) is 1. The van der Waals surface area contributed by atoms with Gasteiger partial charge in [0, 0.05) is 17.4 Å². The predicted molar refractivity (Wildman–Crippen MR) is 76.9 cm³/mol. The first kappa shape index (κ1) is 12.6. The molecule has 18 heavy (non-hydrogen) atoms. The standard InChI is InChI=1S/C14H15ClN2O/c1-9-5-10(16)7-11(6-9)17-14-8-12(18-2)3-4-13(14)15/h3-8,17H,16H2,1-2H3. The molecule has 2 aromatic rings. The van der Waals surface area contributed by atoms with Crippen LogP contribution in [0.25, 0.3) is 0 Å². The lowest BCUT2D eigenvalue weighted by molar-refractivity contribution is 0.415. The first-order valence-electron chi connectivity index (χ1n) is 5.56. The van der Waals surface area contributed by atoms with Crippen molar-refractivity contribution in [1.82, 2.24) is 0 Å². The number of hydrogen-bond acceptors (Lipinski definition) is 3. The molecule has 0 radical (unpaired) electrons. The first-order chi connectivity index (χ1) is 8.58. The van der Waals surface area contributed by atoms with Gasteiger partial charge in [0.25, 0.3) is 0 Å². The van der Waals surface area contributed by atoms with Crippen LogP contribution in [0.3, 0.4) is 0 Å². The molecule has 4 heteroatoms. The summed E-state index contributed by atoms with van der Waals surface area (Å²) < 4.78 is 5.17. The van der Waals surface area contributed by atoms with Crippen molar-refractivity contribution in [1.29, 1.82) is 0 Å². The Kier molecular flexibility index (Phi) is 3.63. The Morgan fingerprint density at radius 1 is 1.17 bits per heavy atom. The third kappa shape index (κ3) is 2.87. The fourth-order valence-corrected chi connectivity index (χ4v) is 1.93. The van der Waals surface area contributed by atoms with Gasteiger partial charge >= 0.3 is 0 Å². The van der Waals surface area contributed by atoms with Crippen LogP contribution in [-0.2, 0) is 0 Å². The number of rotatable bonds is 3. The van der Waals surface area contributed by atoms with E-state index in [0.717, 1.165) is 28.4 Å². The highest BCUT2D eigenvalue weighted by Gasteiger charge is 2.04. The molecule has 0 unspecified atom stereocenters. The summed E-state index contributed by atoms with van der Waals surface area (Å²) in [5, 5.41) is 3.87. The lowest BCUT2D eigenvalue weighted by atomic mass is 10.2. The molecule has 2 aromatic carbocycles. The van der Waals surface area contributed by atoms with Gasteiger partial charge in [-0.2, -0.15) is 0 Å². The van der Waals surface area contributed by atoms with Crippen LogP contribution in [0, 0.1) is 6.92 Å². The van der Waals surface area contributed by atoms with E-state index in [0.29, 0.717) is 5.02 Å². The van der Waals surface area contributed by atoms with Gasteiger partial charge in [-0.15, -0.1) is 0 Å². The van der Waals surface area contributed by atoms with Crippen LogP contribution in [0.15, 0.2) is 36.4 Å². The molecule has 0 saturated carbocycles. The molecular weight excluding hydrogens is 248 g/mol. The van der Waals surface area contributed by atoms with E-state index >= 15 is 0 Å². The van der Waals surface area contributed by atoms with Crippen LogP contribution in [-0.4, -0.2) is 7.11 Å². The van der Waals surface area contributed by atoms with Gasteiger partial charge < -0.3 is 15.8 Å². The van der Waals surface area contributed by atoms with Gasteiger partial charge in [0.2, 0.25) is 0 Å². The van der Waals surface area contributed by atoms with Gasteiger partial charge in [-0.3, -0.25) is 0 Å². The summed E-state index contributed by atoms with van der Waals surface area (Å²) in [6, 6.07) is 11.2. The normalized spacial score (nSPS) is 10.2. The third-order valence-electron chi connectivity index (χ3n) is 2.55. The van der Waals surface area contributed by atoms with Crippen LogP contribution < -0.4 is 15.8 Å². The van der Waals surface area contributed by atoms with Crippen LogP contribution in [0.2, 0.25) is 5.02 Å². The number of aryl methyl sites for hydroxylation is 1. The Hall–Kier alpha value is -1.87. The number of nitrogens with two attached hydrogens (primary N) is 1. The SMILES string of the molecule is COc1ccc(Cl)c(Nc2cc(C)cc(N)c2)c1. The van der Waals surface area contributed by atoms with E-state index in [-0.39, 0.29) is 0 Å². The quantitative estimate of drug-likeness (QED) is 0.823. The second kappa shape index (κ2) is 5.19. The molecule has 0 amide bonds. The molecule has 0 fully saturated rings. The first-order valence-corrected chi connectivity index (χ1v) is 5.94. The molecule has 0 bridgehead atoms. The molecule has 0 aliphatic carbocycles. The zero-order valence-electron chi connectivity index (χ0n) is 10.3. The van der Waals surface area contributed by atoms with E-state index in [1.54, 1.807) is 13.2 Å². The smallest absolute Gasteiger partial charge is 0.121 e. The zero-order chi connectivity index (χ0) is 13.1. The van der Waals surface area contributed by atoms with Crippen LogP contribution in [0.4, 0.5) is 17.1 Å². The molecule has 3 nitrogen and oxygen atoms in total. The second-order valence-electron chi connectivity index (χ2n) is 4.10. The molecule has 0 atom stereocenters.